The van der Waals surface area contributed by atoms with E-state index in [9.17, 15) is 0 Å². The van der Waals surface area contributed by atoms with Crippen LogP contribution in [0, 0.1) is 34.9 Å². The molecule has 0 saturated carbocycles. The Balaban J connectivity index is 0.703. The molecule has 1 aromatic heterocycles. The van der Waals surface area contributed by atoms with Crippen LogP contribution >= 0.6 is 0 Å². The first-order valence-corrected chi connectivity index (χ1v) is 37.0. The number of anilines is 6. The summed E-state index contributed by atoms with van der Waals surface area (Å²) < 4.78 is 118. The van der Waals surface area contributed by atoms with E-state index in [1.165, 1.54) is 60.7 Å². The predicted molar refractivity (Wildman–Crippen MR) is 442 cm³/mol. The molecular weight excluding hydrogens is 1420 g/mol. The first-order valence-electron chi connectivity index (χ1n) is 37.0. The van der Waals surface area contributed by atoms with Gasteiger partial charge in [-0.15, -0.1) is 0 Å². The summed E-state index contributed by atoms with van der Waals surface area (Å²) in [6.45, 7) is 7.73. The molecule has 11 heteroatoms. The monoisotopic (exact) mass is 1480 g/mol. The summed E-state index contributed by atoms with van der Waals surface area (Å²) in [5, 5.41) is 1.53. The highest BCUT2D eigenvalue weighted by Gasteiger charge is 2.51. The van der Waals surface area contributed by atoms with Gasteiger partial charge in [-0.05, 0) is 283 Å². The Morgan fingerprint density at radius 3 is 0.982 bits per heavy atom. The molecule has 2 unspecified atom stereocenters. The van der Waals surface area contributed by atoms with Crippen LogP contribution in [0.15, 0.2) is 369 Å². The van der Waals surface area contributed by atoms with Gasteiger partial charge in [0.25, 0.3) is 0 Å². The van der Waals surface area contributed by atoms with Crippen molar-refractivity contribution in [3.63, 3.8) is 0 Å². The van der Waals surface area contributed by atoms with Gasteiger partial charge in [0.05, 0.1) is 10.8 Å². The SMILES string of the molecule is C=Cc1ccc(Oc2ccc(C3(c4c(F)cccc4F)c4ccccc4-c4ccc(-c5cccc(N(c6ccc(F)cc6)c6ccc7oc8ccc(N(c9ccc(F)cc9)c9cccc(-c%10ccc%11c(c%10)C(c%10ccc(Oc%12ccc(C=C)cc%12)cc%10)(c%10c(F)cccc%10F)c%10ccccc%10-%11)c9)cc8c7c6)c5)cc43)cc2)cc1. The molecule has 0 spiro atoms. The zero-order valence-corrected chi connectivity index (χ0v) is 60.4. The topological polar surface area (TPSA) is 38.1 Å². The van der Waals surface area contributed by atoms with E-state index in [0.717, 1.165) is 88.9 Å². The first kappa shape index (κ1) is 69.1. The van der Waals surface area contributed by atoms with Crippen molar-refractivity contribution in [2.45, 2.75) is 10.8 Å². The van der Waals surface area contributed by atoms with Crippen molar-refractivity contribution in [1.82, 2.24) is 0 Å². The van der Waals surface area contributed by atoms with Gasteiger partial charge in [0.1, 0.15) is 69.1 Å². The van der Waals surface area contributed by atoms with Crippen molar-refractivity contribution in [1.29, 1.82) is 0 Å². The molecule has 0 aliphatic heterocycles. The summed E-state index contributed by atoms with van der Waals surface area (Å²) in [4.78, 5) is 4.10. The Labute approximate surface area is 648 Å². The first-order chi connectivity index (χ1) is 55.3. The van der Waals surface area contributed by atoms with Crippen LogP contribution < -0.4 is 19.3 Å². The van der Waals surface area contributed by atoms with Crippen LogP contribution in [0.1, 0.15) is 55.6 Å². The van der Waals surface area contributed by atoms with Crippen LogP contribution in [0.5, 0.6) is 23.0 Å². The molecule has 0 bridgehead atoms. The second-order valence-corrected chi connectivity index (χ2v) is 28.3. The third kappa shape index (κ3) is 11.7. The van der Waals surface area contributed by atoms with E-state index in [4.69, 9.17) is 13.9 Å². The average Bonchev–Trinajstić information content (AvgIpc) is 1.54. The zero-order chi connectivity index (χ0) is 76.6. The van der Waals surface area contributed by atoms with Crippen molar-refractivity contribution in [3.8, 4) is 67.5 Å². The highest BCUT2D eigenvalue weighted by molar-refractivity contribution is 6.08. The Kier molecular flexibility index (Phi) is 17.1. The lowest BCUT2D eigenvalue weighted by Crippen LogP contribution is -2.31. The maximum atomic E-state index is 17.1. The van der Waals surface area contributed by atoms with E-state index >= 15 is 26.3 Å². The van der Waals surface area contributed by atoms with Gasteiger partial charge in [-0.3, -0.25) is 0 Å². The Hall–Kier alpha value is -14.4. The molecule has 1 heterocycles. The van der Waals surface area contributed by atoms with Crippen LogP contribution in [0.3, 0.4) is 0 Å². The van der Waals surface area contributed by atoms with Gasteiger partial charge in [-0.2, -0.15) is 0 Å². The van der Waals surface area contributed by atoms with Gasteiger partial charge in [0.15, 0.2) is 0 Å². The fourth-order valence-corrected chi connectivity index (χ4v) is 17.0. The predicted octanol–water partition coefficient (Wildman–Crippen LogP) is 28.3. The summed E-state index contributed by atoms with van der Waals surface area (Å²) in [6, 6.07) is 106. The van der Waals surface area contributed by atoms with Crippen LogP contribution in [0.25, 0.3) is 78.6 Å². The van der Waals surface area contributed by atoms with Crippen molar-refractivity contribution in [2.24, 2.45) is 0 Å². The quantitative estimate of drug-likeness (QED) is 0.0801. The van der Waals surface area contributed by atoms with Gasteiger partial charge in [0, 0.05) is 56.0 Å². The number of rotatable bonds is 18. The number of fused-ring (bicyclic) bond motifs is 9. The molecule has 5 nitrogen and oxygen atoms in total. The number of hydrogen-bond acceptors (Lipinski definition) is 5. The molecule has 542 valence electrons. The molecular formula is C102H64F6N2O3. The third-order valence-corrected chi connectivity index (χ3v) is 22.0. The lowest BCUT2D eigenvalue weighted by atomic mass is 9.67. The molecule has 2 aliphatic rings. The summed E-state index contributed by atoms with van der Waals surface area (Å²) in [6.07, 6.45) is 3.52. The fraction of sp³-hybridized carbons (Fsp3) is 0.0196. The van der Waals surface area contributed by atoms with E-state index in [-0.39, 0.29) is 11.1 Å². The van der Waals surface area contributed by atoms with Crippen LogP contribution in [0.4, 0.5) is 60.5 Å². The highest BCUT2D eigenvalue weighted by atomic mass is 19.2. The third-order valence-electron chi connectivity index (χ3n) is 22.0. The second-order valence-electron chi connectivity index (χ2n) is 28.3. The molecule has 17 aromatic rings. The molecule has 0 fully saturated rings. The van der Waals surface area contributed by atoms with Crippen molar-refractivity contribution < 1.29 is 40.2 Å². The lowest BCUT2D eigenvalue weighted by Gasteiger charge is -2.34. The lowest BCUT2D eigenvalue weighted by molar-refractivity contribution is 0.481. The standard InChI is InChI=1S/C102H64F6N2O3/c1-3-63-25-45-79(46-26-63)111-81-49-31-69(32-50-81)101(99-93(105)21-11-22-94(99)106)89-19-7-5-17-83(89)85-53-29-67(59-91(85)101)65-13-9-15-75(57-65)109(73-39-35-71(103)36-40-73)77-43-55-97-87(61-77)88-62-78(44-56-98(88)113-97)110(74-41-37-72(104)38-42-74)76-16-10-14-66(58-76)68-30-54-86-84-18-6-8-20-90(84)102(92(86)60-68,100-95(107)23-12-24-96(100)108)70-33-51-82(52-34-70)112-80-47-27-64(4-2)28-48-80/h3-62H,1-2H2. The van der Waals surface area contributed by atoms with E-state index in [2.05, 4.69) is 25.3 Å². The normalized spacial score (nSPS) is 14.4. The van der Waals surface area contributed by atoms with Gasteiger partial charge in [-0.1, -0.05) is 183 Å². The Morgan fingerprint density at radius 1 is 0.274 bits per heavy atom. The zero-order valence-electron chi connectivity index (χ0n) is 60.4. The number of nitrogens with zero attached hydrogens (tertiary/aromatic N) is 2. The van der Waals surface area contributed by atoms with Crippen LogP contribution in [-0.2, 0) is 10.8 Å². The Morgan fingerprint density at radius 2 is 0.602 bits per heavy atom. The second kappa shape index (κ2) is 27.9. The minimum absolute atomic E-state index is 0.108. The molecule has 113 heavy (non-hydrogen) atoms. The van der Waals surface area contributed by atoms with E-state index < -0.39 is 45.7 Å². The number of hydrogen-bond donors (Lipinski definition) is 0. The van der Waals surface area contributed by atoms with Gasteiger partial charge >= 0.3 is 0 Å². The molecule has 2 aliphatic carbocycles. The molecule has 0 saturated heterocycles. The summed E-state index contributed by atoms with van der Waals surface area (Å²) >= 11 is 0. The van der Waals surface area contributed by atoms with E-state index in [1.54, 1.807) is 36.4 Å². The summed E-state index contributed by atoms with van der Waals surface area (Å²) in [5.41, 5.74) is 14.6. The van der Waals surface area contributed by atoms with E-state index in [0.29, 0.717) is 79.2 Å². The number of halogens is 6. The number of furan rings is 1. The van der Waals surface area contributed by atoms with Crippen molar-refractivity contribution in [2.75, 3.05) is 9.80 Å². The smallest absolute Gasteiger partial charge is 0.135 e. The van der Waals surface area contributed by atoms with Gasteiger partial charge < -0.3 is 23.7 Å². The minimum Gasteiger partial charge on any atom is -0.457 e. The van der Waals surface area contributed by atoms with Gasteiger partial charge in [0.2, 0.25) is 0 Å². The fourth-order valence-electron chi connectivity index (χ4n) is 17.0. The molecule has 0 amide bonds. The maximum Gasteiger partial charge on any atom is 0.135 e. The molecule has 0 N–H and O–H groups in total. The summed E-state index contributed by atoms with van der Waals surface area (Å²) in [5.74, 6) is -1.30. The largest absolute Gasteiger partial charge is 0.457 e. The number of benzene rings is 16. The minimum atomic E-state index is -1.48. The van der Waals surface area contributed by atoms with Crippen molar-refractivity contribution >= 4 is 68.2 Å². The molecule has 16 aromatic carbocycles. The van der Waals surface area contributed by atoms with Crippen LogP contribution in [-0.4, -0.2) is 0 Å². The molecule has 2 atom stereocenters. The van der Waals surface area contributed by atoms with E-state index in [1.807, 2.05) is 265 Å². The average molecular weight is 1480 g/mol. The molecule has 0 radical (unpaired) electrons. The highest BCUT2D eigenvalue weighted by Crippen LogP contribution is 2.61. The summed E-state index contributed by atoms with van der Waals surface area (Å²) in [7, 11) is 0. The van der Waals surface area contributed by atoms with Gasteiger partial charge in [-0.25, -0.2) is 26.3 Å². The Bertz CT molecular complexity index is 6180. The number of ether oxygens (including phenoxy) is 2. The maximum absolute atomic E-state index is 17.1. The van der Waals surface area contributed by atoms with Crippen LogP contribution in [0.2, 0.25) is 0 Å². The van der Waals surface area contributed by atoms with Crippen molar-refractivity contribution in [3.05, 3.63) is 456 Å². The molecule has 19 rings (SSSR count).